The first-order chi connectivity index (χ1) is 7.70. The summed E-state index contributed by atoms with van der Waals surface area (Å²) in [5.41, 5.74) is 2.53. The summed E-state index contributed by atoms with van der Waals surface area (Å²) in [6.07, 6.45) is 0. The van der Waals surface area contributed by atoms with Crippen molar-refractivity contribution in [1.29, 1.82) is 0 Å². The Hall–Kier alpha value is -1.06. The van der Waals surface area contributed by atoms with E-state index in [0.717, 1.165) is 13.1 Å². The highest BCUT2D eigenvalue weighted by molar-refractivity contribution is 5.49. The zero-order chi connectivity index (χ0) is 11.5. The third-order valence-corrected chi connectivity index (χ3v) is 3.24. The van der Waals surface area contributed by atoms with Crippen LogP contribution in [0.3, 0.4) is 0 Å². The summed E-state index contributed by atoms with van der Waals surface area (Å²) in [5.74, 6) is 0. The highest BCUT2D eigenvalue weighted by Crippen LogP contribution is 2.20. The fourth-order valence-electron chi connectivity index (χ4n) is 2.15. The van der Waals surface area contributed by atoms with Gasteiger partial charge in [-0.05, 0) is 26.0 Å². The van der Waals surface area contributed by atoms with Crippen LogP contribution >= 0.6 is 0 Å². The minimum absolute atomic E-state index is 0.192. The van der Waals surface area contributed by atoms with E-state index in [0.29, 0.717) is 6.04 Å². The Labute approximate surface area is 97.1 Å². The summed E-state index contributed by atoms with van der Waals surface area (Å²) in [4.78, 5) is 2.36. The summed E-state index contributed by atoms with van der Waals surface area (Å²) in [5, 5.41) is 12.5. The molecule has 1 aliphatic rings. The Bertz CT molecular complexity index is 336. The Morgan fingerprint density at radius 2 is 2.06 bits per heavy atom. The van der Waals surface area contributed by atoms with Gasteiger partial charge in [-0.3, -0.25) is 0 Å². The van der Waals surface area contributed by atoms with Crippen LogP contribution in [0.2, 0.25) is 0 Å². The van der Waals surface area contributed by atoms with Crippen molar-refractivity contribution in [3.63, 3.8) is 0 Å². The number of nitrogens with one attached hydrogen (secondary N) is 1. The average Bonchev–Trinajstić information content (AvgIpc) is 2.31. The number of aliphatic hydroxyl groups is 1. The van der Waals surface area contributed by atoms with Crippen molar-refractivity contribution in [2.75, 3.05) is 24.6 Å². The molecule has 0 bridgehead atoms. The molecule has 1 aromatic rings. The first-order valence-corrected chi connectivity index (χ1v) is 5.88. The second-order valence-electron chi connectivity index (χ2n) is 4.62. The minimum atomic E-state index is 0.192. The van der Waals surface area contributed by atoms with Crippen LogP contribution in [0.15, 0.2) is 24.3 Å². The maximum atomic E-state index is 9.20. The molecule has 1 saturated heterocycles. The molecule has 1 aromatic carbocycles. The zero-order valence-electron chi connectivity index (χ0n) is 9.98. The molecule has 2 N–H and O–H groups in total. The Morgan fingerprint density at radius 3 is 2.69 bits per heavy atom. The maximum Gasteiger partial charge on any atom is 0.0601 e. The largest absolute Gasteiger partial charge is 0.395 e. The van der Waals surface area contributed by atoms with E-state index in [-0.39, 0.29) is 12.6 Å². The molecule has 88 valence electrons. The average molecular weight is 220 g/mol. The molecular weight excluding hydrogens is 200 g/mol. The highest BCUT2D eigenvalue weighted by Gasteiger charge is 2.24. The van der Waals surface area contributed by atoms with Crippen LogP contribution in [0.5, 0.6) is 0 Å². The number of aliphatic hydroxyl groups excluding tert-OH is 1. The van der Waals surface area contributed by atoms with Crippen molar-refractivity contribution >= 4 is 5.69 Å². The van der Waals surface area contributed by atoms with Gasteiger partial charge in [-0.1, -0.05) is 17.7 Å². The van der Waals surface area contributed by atoms with E-state index in [4.69, 9.17) is 0 Å². The highest BCUT2D eigenvalue weighted by atomic mass is 16.3. The normalized spacial score (nSPS) is 25.8. The number of hydrogen-bond donors (Lipinski definition) is 2. The van der Waals surface area contributed by atoms with Crippen molar-refractivity contribution in [3.05, 3.63) is 29.8 Å². The zero-order valence-corrected chi connectivity index (χ0v) is 9.98. The molecule has 2 atom stereocenters. The summed E-state index contributed by atoms with van der Waals surface area (Å²) >= 11 is 0. The molecule has 0 aromatic heterocycles. The standard InChI is InChI=1S/C13H20N2O/c1-10-3-5-13(6-4-10)15-8-12(9-16)14-7-11(15)2/h3-6,11-12,14,16H,7-9H2,1-2H3. The molecule has 0 radical (unpaired) electrons. The Kier molecular flexibility index (Phi) is 3.46. The number of rotatable bonds is 2. The smallest absolute Gasteiger partial charge is 0.0601 e. The van der Waals surface area contributed by atoms with E-state index in [9.17, 15) is 5.11 Å². The van der Waals surface area contributed by atoms with Gasteiger partial charge in [0.1, 0.15) is 0 Å². The fourth-order valence-corrected chi connectivity index (χ4v) is 2.15. The van der Waals surface area contributed by atoms with Gasteiger partial charge in [0.2, 0.25) is 0 Å². The molecule has 1 heterocycles. The van der Waals surface area contributed by atoms with Gasteiger partial charge in [0.15, 0.2) is 0 Å². The van der Waals surface area contributed by atoms with Gasteiger partial charge in [0.25, 0.3) is 0 Å². The van der Waals surface area contributed by atoms with Crippen LogP contribution in [0.4, 0.5) is 5.69 Å². The van der Waals surface area contributed by atoms with Crippen molar-refractivity contribution in [2.45, 2.75) is 25.9 Å². The minimum Gasteiger partial charge on any atom is -0.395 e. The van der Waals surface area contributed by atoms with Gasteiger partial charge in [-0.25, -0.2) is 0 Å². The molecule has 2 unspecified atom stereocenters. The van der Waals surface area contributed by atoms with Gasteiger partial charge < -0.3 is 15.3 Å². The van der Waals surface area contributed by atoms with E-state index in [1.807, 2.05) is 0 Å². The third-order valence-electron chi connectivity index (χ3n) is 3.24. The first-order valence-electron chi connectivity index (χ1n) is 5.88. The van der Waals surface area contributed by atoms with Gasteiger partial charge in [0.05, 0.1) is 6.61 Å². The van der Waals surface area contributed by atoms with Crippen LogP contribution < -0.4 is 10.2 Å². The predicted molar refractivity (Wildman–Crippen MR) is 66.9 cm³/mol. The van der Waals surface area contributed by atoms with Crippen LogP contribution in [-0.4, -0.2) is 36.9 Å². The second-order valence-corrected chi connectivity index (χ2v) is 4.62. The lowest BCUT2D eigenvalue weighted by Crippen LogP contribution is -2.56. The van der Waals surface area contributed by atoms with Crippen LogP contribution in [-0.2, 0) is 0 Å². The molecule has 2 rings (SSSR count). The molecule has 1 aliphatic heterocycles. The number of aryl methyl sites for hydroxylation is 1. The third kappa shape index (κ3) is 2.36. The van der Waals surface area contributed by atoms with Crippen LogP contribution in [0.25, 0.3) is 0 Å². The molecule has 3 heteroatoms. The summed E-state index contributed by atoms with van der Waals surface area (Å²) in [6.45, 7) is 6.32. The Morgan fingerprint density at radius 1 is 1.38 bits per heavy atom. The number of piperazine rings is 1. The van der Waals surface area contributed by atoms with Crippen molar-refractivity contribution < 1.29 is 5.11 Å². The monoisotopic (exact) mass is 220 g/mol. The maximum absolute atomic E-state index is 9.20. The summed E-state index contributed by atoms with van der Waals surface area (Å²) < 4.78 is 0. The summed E-state index contributed by atoms with van der Waals surface area (Å²) in [6, 6.07) is 9.26. The molecule has 3 nitrogen and oxygen atoms in total. The molecular formula is C13H20N2O. The molecule has 1 fully saturated rings. The van der Waals surface area contributed by atoms with E-state index in [1.165, 1.54) is 11.3 Å². The fraction of sp³-hybridized carbons (Fsp3) is 0.538. The SMILES string of the molecule is Cc1ccc(N2CC(CO)NCC2C)cc1. The number of nitrogens with zero attached hydrogens (tertiary/aromatic N) is 1. The quantitative estimate of drug-likeness (QED) is 0.785. The molecule has 0 saturated carbocycles. The predicted octanol–water partition coefficient (Wildman–Crippen LogP) is 1.15. The first kappa shape index (κ1) is 11.4. The molecule has 0 amide bonds. The lowest BCUT2D eigenvalue weighted by molar-refractivity contribution is 0.227. The van der Waals surface area contributed by atoms with Gasteiger partial charge in [-0.15, -0.1) is 0 Å². The van der Waals surface area contributed by atoms with E-state index in [1.54, 1.807) is 0 Å². The van der Waals surface area contributed by atoms with Gasteiger partial charge >= 0.3 is 0 Å². The number of anilines is 1. The van der Waals surface area contributed by atoms with Crippen LogP contribution in [0, 0.1) is 6.92 Å². The molecule has 0 spiro atoms. The van der Waals surface area contributed by atoms with Crippen LogP contribution in [0.1, 0.15) is 12.5 Å². The van der Waals surface area contributed by atoms with Crippen molar-refractivity contribution in [3.8, 4) is 0 Å². The van der Waals surface area contributed by atoms with Crippen molar-refractivity contribution in [2.24, 2.45) is 0 Å². The summed E-state index contributed by atoms with van der Waals surface area (Å²) in [7, 11) is 0. The lowest BCUT2D eigenvalue weighted by Gasteiger charge is -2.39. The Balaban J connectivity index is 2.14. The molecule has 0 aliphatic carbocycles. The van der Waals surface area contributed by atoms with Gasteiger partial charge in [0, 0.05) is 30.9 Å². The topological polar surface area (TPSA) is 35.5 Å². The van der Waals surface area contributed by atoms with Gasteiger partial charge in [-0.2, -0.15) is 0 Å². The van der Waals surface area contributed by atoms with E-state index in [2.05, 4.69) is 48.3 Å². The van der Waals surface area contributed by atoms with E-state index < -0.39 is 0 Å². The number of hydrogen-bond acceptors (Lipinski definition) is 3. The number of benzene rings is 1. The lowest BCUT2D eigenvalue weighted by atomic mass is 10.1. The van der Waals surface area contributed by atoms with E-state index >= 15 is 0 Å². The van der Waals surface area contributed by atoms with Crippen molar-refractivity contribution in [1.82, 2.24) is 5.32 Å². The molecule has 16 heavy (non-hydrogen) atoms. The second kappa shape index (κ2) is 4.85.